The Morgan fingerprint density at radius 2 is 2.27 bits per heavy atom. The van der Waals surface area contributed by atoms with Gasteiger partial charge in [0.1, 0.15) is 0 Å². The second kappa shape index (κ2) is 3.73. The van der Waals surface area contributed by atoms with Gasteiger partial charge in [0.05, 0.1) is 11.0 Å². The smallest absolute Gasteiger partial charge is 0.0957 e. The number of nitrogens with one attached hydrogen (secondary N) is 1. The monoisotopic (exact) mass is 198 g/mol. The van der Waals surface area contributed by atoms with Crippen LogP contribution in [-0.2, 0) is 0 Å². The van der Waals surface area contributed by atoms with Gasteiger partial charge in [-0.1, -0.05) is 18.7 Å². The summed E-state index contributed by atoms with van der Waals surface area (Å²) in [5.74, 6) is 0. The Labute approximate surface area is 89.4 Å². The lowest BCUT2D eigenvalue weighted by Gasteiger charge is -1.93. The van der Waals surface area contributed by atoms with E-state index in [1.807, 2.05) is 32.2 Å². The van der Waals surface area contributed by atoms with Gasteiger partial charge in [-0.3, -0.25) is 4.98 Å². The molecule has 0 saturated carbocycles. The molecule has 76 valence electrons. The Morgan fingerprint density at radius 3 is 2.93 bits per heavy atom. The molecule has 0 amide bonds. The van der Waals surface area contributed by atoms with Gasteiger partial charge in [0.2, 0.25) is 0 Å². The van der Waals surface area contributed by atoms with Crippen molar-refractivity contribution in [3.8, 4) is 0 Å². The third-order valence-corrected chi connectivity index (χ3v) is 2.38. The fraction of sp³-hybridized carbons (Fsp3) is 0.154. The summed E-state index contributed by atoms with van der Waals surface area (Å²) in [5.41, 5.74) is 5.38. The number of aryl methyl sites for hydroxylation is 1. The van der Waals surface area contributed by atoms with Crippen molar-refractivity contribution in [2.75, 3.05) is 0 Å². The average Bonchev–Trinajstić information content (AvgIpc) is 2.56. The number of hydrogen-bond acceptors (Lipinski definition) is 1. The highest BCUT2D eigenvalue weighted by Crippen LogP contribution is 2.23. The van der Waals surface area contributed by atoms with E-state index in [1.165, 1.54) is 0 Å². The average molecular weight is 198 g/mol. The number of aromatic nitrogens is 2. The molecule has 2 nitrogen and oxygen atoms in total. The molecule has 0 atom stereocenters. The third kappa shape index (κ3) is 1.59. The van der Waals surface area contributed by atoms with Crippen molar-refractivity contribution in [3.05, 3.63) is 41.7 Å². The summed E-state index contributed by atoms with van der Waals surface area (Å²) in [5, 5.41) is 0. The van der Waals surface area contributed by atoms with Crippen LogP contribution >= 0.6 is 0 Å². The van der Waals surface area contributed by atoms with E-state index in [0.717, 1.165) is 27.9 Å². The maximum absolute atomic E-state index is 4.44. The van der Waals surface area contributed by atoms with Crippen LogP contribution in [0.1, 0.15) is 23.7 Å². The second-order valence-electron chi connectivity index (χ2n) is 3.57. The van der Waals surface area contributed by atoms with Crippen molar-refractivity contribution < 1.29 is 0 Å². The summed E-state index contributed by atoms with van der Waals surface area (Å²) in [4.78, 5) is 7.75. The summed E-state index contributed by atoms with van der Waals surface area (Å²) in [7, 11) is 0. The van der Waals surface area contributed by atoms with Crippen molar-refractivity contribution in [3.63, 3.8) is 0 Å². The molecule has 0 bridgehead atoms. The van der Waals surface area contributed by atoms with Crippen LogP contribution in [0.3, 0.4) is 0 Å². The SMILES string of the molecule is C=Cc1[nH]c2cc(C)cnc2c1/C=C\C. The molecule has 2 heteroatoms. The predicted octanol–water partition coefficient (Wildman–Crippen LogP) is 3.55. The quantitative estimate of drug-likeness (QED) is 0.785. The van der Waals surface area contributed by atoms with Crippen molar-refractivity contribution in [2.45, 2.75) is 13.8 Å². The van der Waals surface area contributed by atoms with Gasteiger partial charge in [-0.2, -0.15) is 0 Å². The molecule has 0 radical (unpaired) electrons. The lowest BCUT2D eigenvalue weighted by molar-refractivity contribution is 1.33. The number of hydrogen-bond donors (Lipinski definition) is 1. The second-order valence-corrected chi connectivity index (χ2v) is 3.57. The van der Waals surface area contributed by atoms with Gasteiger partial charge in [-0.25, -0.2) is 0 Å². The summed E-state index contributed by atoms with van der Waals surface area (Å²) >= 11 is 0. The van der Waals surface area contributed by atoms with Crippen LogP contribution in [0, 0.1) is 6.92 Å². The molecule has 0 aliphatic heterocycles. The molecule has 2 heterocycles. The molecule has 0 spiro atoms. The van der Waals surface area contributed by atoms with Crippen LogP contribution in [0.15, 0.2) is 24.9 Å². The van der Waals surface area contributed by atoms with E-state index in [2.05, 4.69) is 28.7 Å². The highest BCUT2D eigenvalue weighted by molar-refractivity contribution is 5.90. The highest BCUT2D eigenvalue weighted by atomic mass is 14.8. The van der Waals surface area contributed by atoms with Crippen LogP contribution in [0.4, 0.5) is 0 Å². The first-order chi connectivity index (χ1) is 7.26. The van der Waals surface area contributed by atoms with Gasteiger partial charge in [-0.05, 0) is 31.6 Å². The fourth-order valence-electron chi connectivity index (χ4n) is 1.72. The normalized spacial score (nSPS) is 11.3. The van der Waals surface area contributed by atoms with E-state index < -0.39 is 0 Å². The molecule has 0 unspecified atom stereocenters. The molecule has 15 heavy (non-hydrogen) atoms. The predicted molar refractivity (Wildman–Crippen MR) is 65.6 cm³/mol. The van der Waals surface area contributed by atoms with Gasteiger partial charge < -0.3 is 4.98 Å². The molecule has 0 aliphatic rings. The van der Waals surface area contributed by atoms with Crippen LogP contribution in [0.2, 0.25) is 0 Å². The van der Waals surface area contributed by atoms with Crippen molar-refractivity contribution >= 4 is 23.2 Å². The zero-order valence-corrected chi connectivity index (χ0v) is 9.04. The van der Waals surface area contributed by atoms with Gasteiger partial charge in [0.25, 0.3) is 0 Å². The molecular weight excluding hydrogens is 184 g/mol. The number of aromatic amines is 1. The topological polar surface area (TPSA) is 28.7 Å². The highest BCUT2D eigenvalue weighted by Gasteiger charge is 2.07. The van der Waals surface area contributed by atoms with Crippen molar-refractivity contribution in [1.29, 1.82) is 0 Å². The van der Waals surface area contributed by atoms with Gasteiger partial charge in [-0.15, -0.1) is 0 Å². The first-order valence-corrected chi connectivity index (χ1v) is 4.99. The number of fused-ring (bicyclic) bond motifs is 1. The number of rotatable bonds is 2. The standard InChI is InChI=1S/C13H14N2/c1-4-6-10-11(5-2)15-12-7-9(3)8-14-13(10)12/h4-8,15H,2H2,1,3H3/b6-4-. The van der Waals surface area contributed by atoms with Gasteiger partial charge >= 0.3 is 0 Å². The number of H-pyrrole nitrogens is 1. The number of allylic oxidation sites excluding steroid dienone is 1. The van der Waals surface area contributed by atoms with Crippen LogP contribution in [0.5, 0.6) is 0 Å². The van der Waals surface area contributed by atoms with E-state index >= 15 is 0 Å². The van der Waals surface area contributed by atoms with E-state index in [0.29, 0.717) is 0 Å². The number of nitrogens with zero attached hydrogens (tertiary/aromatic N) is 1. The lowest BCUT2D eigenvalue weighted by atomic mass is 10.2. The van der Waals surface area contributed by atoms with E-state index in [1.54, 1.807) is 0 Å². The summed E-state index contributed by atoms with van der Waals surface area (Å²) in [6.07, 6.45) is 7.78. The minimum atomic E-state index is 1.01. The molecule has 2 aromatic rings. The third-order valence-electron chi connectivity index (χ3n) is 2.38. The van der Waals surface area contributed by atoms with Crippen LogP contribution < -0.4 is 0 Å². The largest absolute Gasteiger partial charge is 0.353 e. The fourth-order valence-corrected chi connectivity index (χ4v) is 1.72. The molecule has 0 fully saturated rings. The van der Waals surface area contributed by atoms with E-state index in [-0.39, 0.29) is 0 Å². The molecule has 1 N–H and O–H groups in total. The molecule has 2 rings (SSSR count). The van der Waals surface area contributed by atoms with Crippen LogP contribution in [0.25, 0.3) is 23.2 Å². The zero-order chi connectivity index (χ0) is 10.8. The molecule has 2 aromatic heterocycles. The lowest BCUT2D eigenvalue weighted by Crippen LogP contribution is -1.79. The van der Waals surface area contributed by atoms with Crippen LogP contribution in [-0.4, -0.2) is 9.97 Å². The molecule has 0 aliphatic carbocycles. The molecular formula is C13H14N2. The minimum absolute atomic E-state index is 1.01. The summed E-state index contributed by atoms with van der Waals surface area (Å²) in [6, 6.07) is 2.10. The Morgan fingerprint density at radius 1 is 1.47 bits per heavy atom. The van der Waals surface area contributed by atoms with Crippen molar-refractivity contribution in [1.82, 2.24) is 9.97 Å². The van der Waals surface area contributed by atoms with Gasteiger partial charge in [0, 0.05) is 17.5 Å². The Balaban J connectivity index is 2.79. The first kappa shape index (κ1) is 9.71. The summed E-state index contributed by atoms with van der Waals surface area (Å²) < 4.78 is 0. The first-order valence-electron chi connectivity index (χ1n) is 4.99. The Hall–Kier alpha value is -1.83. The number of pyridine rings is 1. The Bertz CT molecular complexity index is 533. The molecule has 0 aromatic carbocycles. The van der Waals surface area contributed by atoms with Gasteiger partial charge in [0.15, 0.2) is 0 Å². The zero-order valence-electron chi connectivity index (χ0n) is 9.04. The minimum Gasteiger partial charge on any atom is -0.353 e. The molecule has 0 saturated heterocycles. The van der Waals surface area contributed by atoms with E-state index in [9.17, 15) is 0 Å². The maximum Gasteiger partial charge on any atom is 0.0957 e. The maximum atomic E-state index is 4.44. The summed E-state index contributed by atoms with van der Waals surface area (Å²) in [6.45, 7) is 7.84. The Kier molecular flexibility index (Phi) is 2.42. The van der Waals surface area contributed by atoms with Crippen molar-refractivity contribution in [2.24, 2.45) is 0 Å². The van der Waals surface area contributed by atoms with E-state index in [4.69, 9.17) is 0 Å².